The second kappa shape index (κ2) is 4.13. The van der Waals surface area contributed by atoms with Crippen molar-refractivity contribution >= 4 is 0 Å². The number of aryl methyl sites for hydroxylation is 1. The monoisotopic (exact) mass is 199 g/mol. The zero-order valence-electron chi connectivity index (χ0n) is 9.02. The van der Waals surface area contributed by atoms with Crippen molar-refractivity contribution in [3.05, 3.63) is 24.0 Å². The van der Waals surface area contributed by atoms with Crippen LogP contribution in [0.25, 0.3) is 0 Å². The average molecular weight is 199 g/mol. The minimum atomic E-state index is -1.09. The molecule has 0 bridgehead atoms. The Bertz CT molecular complexity index is 289. The van der Waals surface area contributed by atoms with Gasteiger partial charge in [0.1, 0.15) is 6.10 Å². The third kappa shape index (κ3) is 1.56. The van der Waals surface area contributed by atoms with E-state index in [1.165, 1.54) is 14.2 Å². The van der Waals surface area contributed by atoms with Crippen LogP contribution in [0.4, 0.5) is 0 Å². The van der Waals surface area contributed by atoms with E-state index < -0.39 is 11.9 Å². The van der Waals surface area contributed by atoms with Crippen molar-refractivity contribution in [3.63, 3.8) is 0 Å². The van der Waals surface area contributed by atoms with Gasteiger partial charge >= 0.3 is 0 Å². The molecule has 0 amide bonds. The number of hydrogen-bond acceptors (Lipinski definition) is 3. The summed E-state index contributed by atoms with van der Waals surface area (Å²) in [7, 11) is 4.91. The Balaban J connectivity index is 3.17. The molecular formula is C10H17NO3. The van der Waals surface area contributed by atoms with E-state index in [-0.39, 0.29) is 0 Å². The van der Waals surface area contributed by atoms with E-state index in [2.05, 4.69) is 0 Å². The maximum Gasteiger partial charge on any atom is 0.236 e. The fourth-order valence-electron chi connectivity index (χ4n) is 1.67. The highest BCUT2D eigenvalue weighted by molar-refractivity contribution is 5.14. The summed E-state index contributed by atoms with van der Waals surface area (Å²) in [5.41, 5.74) is 0.789. The first-order valence-corrected chi connectivity index (χ1v) is 4.48. The van der Waals surface area contributed by atoms with Gasteiger partial charge in [-0.3, -0.25) is 0 Å². The lowest BCUT2D eigenvalue weighted by molar-refractivity contribution is -0.267. The number of ether oxygens (including phenoxy) is 2. The molecule has 0 fully saturated rings. The molecule has 0 saturated heterocycles. The number of aliphatic hydroxyl groups excluding tert-OH is 1. The zero-order chi connectivity index (χ0) is 10.8. The van der Waals surface area contributed by atoms with Gasteiger partial charge < -0.3 is 19.1 Å². The Morgan fingerprint density at radius 3 is 2.29 bits per heavy atom. The fourth-order valence-corrected chi connectivity index (χ4v) is 1.67. The summed E-state index contributed by atoms with van der Waals surface area (Å²) in [4.78, 5) is 0. The van der Waals surface area contributed by atoms with Gasteiger partial charge in [-0.15, -0.1) is 0 Å². The molecule has 0 aromatic carbocycles. The fraction of sp³-hybridized carbons (Fsp3) is 0.600. The first kappa shape index (κ1) is 11.2. The minimum absolute atomic E-state index is 0.744. The van der Waals surface area contributed by atoms with Crippen molar-refractivity contribution in [2.45, 2.75) is 18.8 Å². The molecule has 4 heteroatoms. The van der Waals surface area contributed by atoms with Crippen LogP contribution in [-0.2, 0) is 22.3 Å². The van der Waals surface area contributed by atoms with Crippen molar-refractivity contribution in [1.82, 2.24) is 4.57 Å². The molecule has 0 radical (unpaired) electrons. The largest absolute Gasteiger partial charge is 0.387 e. The topological polar surface area (TPSA) is 43.6 Å². The van der Waals surface area contributed by atoms with Crippen LogP contribution in [0.3, 0.4) is 0 Å². The van der Waals surface area contributed by atoms with Gasteiger partial charge in [0.25, 0.3) is 0 Å². The Hall–Kier alpha value is -0.840. The van der Waals surface area contributed by atoms with Crippen LogP contribution in [0, 0.1) is 0 Å². The van der Waals surface area contributed by atoms with Gasteiger partial charge in [-0.25, -0.2) is 0 Å². The lowest BCUT2D eigenvalue weighted by Crippen LogP contribution is -2.42. The number of rotatable bonds is 4. The number of hydrogen-bond donors (Lipinski definition) is 1. The number of methoxy groups -OCH3 is 2. The third-order valence-corrected chi connectivity index (χ3v) is 2.46. The molecule has 0 spiro atoms. The van der Waals surface area contributed by atoms with Crippen molar-refractivity contribution in [3.8, 4) is 0 Å². The predicted molar refractivity (Wildman–Crippen MR) is 52.8 cm³/mol. The van der Waals surface area contributed by atoms with Gasteiger partial charge in [0.15, 0.2) is 0 Å². The normalized spacial score (nSPS) is 14.4. The van der Waals surface area contributed by atoms with E-state index in [4.69, 9.17) is 9.47 Å². The molecule has 1 heterocycles. The van der Waals surface area contributed by atoms with Crippen LogP contribution >= 0.6 is 0 Å². The highest BCUT2D eigenvalue weighted by Crippen LogP contribution is 2.29. The minimum Gasteiger partial charge on any atom is -0.387 e. The average Bonchev–Trinajstić information content (AvgIpc) is 2.55. The van der Waals surface area contributed by atoms with Crippen LogP contribution in [0.1, 0.15) is 12.6 Å². The first-order chi connectivity index (χ1) is 6.58. The predicted octanol–water partition coefficient (Wildman–Crippen LogP) is 0.851. The van der Waals surface area contributed by atoms with Gasteiger partial charge in [-0.2, -0.15) is 0 Å². The molecule has 1 aromatic heterocycles. The molecule has 1 rings (SSSR count). The molecule has 0 aliphatic heterocycles. The van der Waals surface area contributed by atoms with Crippen molar-refractivity contribution < 1.29 is 14.6 Å². The molecular weight excluding hydrogens is 182 g/mol. The van der Waals surface area contributed by atoms with E-state index in [9.17, 15) is 5.11 Å². The summed E-state index contributed by atoms with van der Waals surface area (Å²) in [6.45, 7) is 1.64. The molecule has 1 atom stereocenters. The lowest BCUT2D eigenvalue weighted by Gasteiger charge is -2.33. The van der Waals surface area contributed by atoms with E-state index >= 15 is 0 Å². The third-order valence-electron chi connectivity index (χ3n) is 2.46. The maximum absolute atomic E-state index is 9.70. The Morgan fingerprint density at radius 1 is 1.43 bits per heavy atom. The van der Waals surface area contributed by atoms with Crippen LogP contribution in [0.2, 0.25) is 0 Å². The molecule has 1 aromatic rings. The van der Waals surface area contributed by atoms with Gasteiger partial charge in [-0.1, -0.05) is 0 Å². The van der Waals surface area contributed by atoms with Crippen molar-refractivity contribution in [1.29, 1.82) is 0 Å². The maximum atomic E-state index is 9.70. The van der Waals surface area contributed by atoms with Gasteiger partial charge in [-0.05, 0) is 19.1 Å². The van der Waals surface area contributed by atoms with Crippen LogP contribution in [-0.4, -0.2) is 30.0 Å². The van der Waals surface area contributed by atoms with Crippen LogP contribution in [0.15, 0.2) is 18.3 Å². The lowest BCUT2D eigenvalue weighted by atomic mass is 10.1. The second-order valence-corrected chi connectivity index (χ2v) is 3.26. The molecule has 4 nitrogen and oxygen atoms in total. The molecule has 14 heavy (non-hydrogen) atoms. The van der Waals surface area contributed by atoms with Gasteiger partial charge in [0, 0.05) is 27.5 Å². The smallest absolute Gasteiger partial charge is 0.236 e. The highest BCUT2D eigenvalue weighted by Gasteiger charge is 2.39. The zero-order valence-corrected chi connectivity index (χ0v) is 9.02. The van der Waals surface area contributed by atoms with E-state index in [0.29, 0.717) is 0 Å². The summed E-state index contributed by atoms with van der Waals surface area (Å²) in [5.74, 6) is -1.09. The summed E-state index contributed by atoms with van der Waals surface area (Å²) in [6, 6.07) is 3.74. The Kier molecular flexibility index (Phi) is 3.31. The molecule has 80 valence electrons. The van der Waals surface area contributed by atoms with Crippen molar-refractivity contribution in [2.75, 3.05) is 14.2 Å². The Morgan fingerprint density at radius 2 is 2.00 bits per heavy atom. The van der Waals surface area contributed by atoms with E-state index in [1.807, 2.05) is 29.9 Å². The number of aromatic nitrogens is 1. The summed E-state index contributed by atoms with van der Waals surface area (Å²) in [6.07, 6.45) is 1.14. The molecule has 0 aliphatic carbocycles. The first-order valence-electron chi connectivity index (χ1n) is 4.48. The number of nitrogens with zero attached hydrogens (tertiary/aromatic N) is 1. The Labute approximate surface area is 84.1 Å². The standard InChI is InChI=1S/C10H17NO3/c1-8(12)10(13-3,14-4)9-6-5-7-11(9)2/h5-8,12H,1-4H3. The summed E-state index contributed by atoms with van der Waals surface area (Å²) in [5, 5.41) is 9.70. The summed E-state index contributed by atoms with van der Waals surface area (Å²) >= 11 is 0. The van der Waals surface area contributed by atoms with Crippen molar-refractivity contribution in [2.24, 2.45) is 7.05 Å². The summed E-state index contributed by atoms with van der Waals surface area (Å²) < 4.78 is 12.4. The van der Waals surface area contributed by atoms with E-state index in [0.717, 1.165) is 5.69 Å². The SMILES string of the molecule is COC(OC)(c1cccn1C)C(C)O. The molecule has 0 aliphatic rings. The highest BCUT2D eigenvalue weighted by atomic mass is 16.7. The van der Waals surface area contributed by atoms with Crippen LogP contribution < -0.4 is 0 Å². The quantitative estimate of drug-likeness (QED) is 0.731. The van der Waals surface area contributed by atoms with Gasteiger partial charge in [0.05, 0.1) is 5.69 Å². The second-order valence-electron chi connectivity index (χ2n) is 3.26. The van der Waals surface area contributed by atoms with E-state index in [1.54, 1.807) is 6.92 Å². The van der Waals surface area contributed by atoms with Crippen LogP contribution in [0.5, 0.6) is 0 Å². The molecule has 1 N–H and O–H groups in total. The molecule has 0 saturated carbocycles. The van der Waals surface area contributed by atoms with Gasteiger partial charge in [0.2, 0.25) is 5.79 Å². The number of aliphatic hydroxyl groups is 1. The molecule has 1 unspecified atom stereocenters.